The van der Waals surface area contributed by atoms with E-state index in [1.54, 1.807) is 32.9 Å². The Morgan fingerprint density at radius 1 is 1.08 bits per heavy atom. The number of benzene rings is 1. The number of amides is 2. The topological polar surface area (TPSA) is 89.8 Å². The summed E-state index contributed by atoms with van der Waals surface area (Å²) in [6, 6.07) is 4.08. The monoisotopic (exact) mass is 326 g/mol. The largest absolute Gasteiger partial charge is 0.351 e. The first kappa shape index (κ1) is 14.8. The van der Waals surface area contributed by atoms with Gasteiger partial charge in [0.15, 0.2) is 0 Å². The van der Waals surface area contributed by atoms with Crippen molar-refractivity contribution in [3.63, 3.8) is 0 Å². The maximum atomic E-state index is 12.9. The number of fused-ring (bicyclic) bond motifs is 4. The van der Waals surface area contributed by atoms with Gasteiger partial charge < -0.3 is 4.74 Å². The second kappa shape index (κ2) is 4.18. The fraction of sp³-hybridized carbons (Fsp3) is 0.294. The van der Waals surface area contributed by atoms with E-state index in [1.165, 1.54) is 18.2 Å². The van der Waals surface area contributed by atoms with Crippen LogP contribution < -0.4 is 4.90 Å². The molecule has 0 saturated heterocycles. The molecule has 1 aromatic rings. The van der Waals surface area contributed by atoms with Crippen molar-refractivity contribution in [1.82, 2.24) is 0 Å². The van der Waals surface area contributed by atoms with Gasteiger partial charge in [0, 0.05) is 12.1 Å². The number of anilines is 1. The van der Waals surface area contributed by atoms with Crippen LogP contribution in [0.5, 0.6) is 0 Å². The van der Waals surface area contributed by atoms with E-state index in [-0.39, 0.29) is 5.69 Å². The van der Waals surface area contributed by atoms with Gasteiger partial charge in [-0.15, -0.1) is 0 Å². The van der Waals surface area contributed by atoms with E-state index < -0.39 is 27.9 Å². The highest BCUT2D eigenvalue weighted by molar-refractivity contribution is 6.35. The molecule has 0 aromatic heterocycles. The summed E-state index contributed by atoms with van der Waals surface area (Å²) in [4.78, 5) is 37.3. The highest BCUT2D eigenvalue weighted by atomic mass is 16.6. The van der Waals surface area contributed by atoms with Crippen molar-refractivity contribution >= 4 is 23.2 Å². The van der Waals surface area contributed by atoms with Crippen molar-refractivity contribution in [3.8, 4) is 0 Å². The van der Waals surface area contributed by atoms with Crippen molar-refractivity contribution in [1.29, 1.82) is 0 Å². The molecule has 3 aliphatic heterocycles. The van der Waals surface area contributed by atoms with Gasteiger partial charge in [0.2, 0.25) is 0 Å². The molecular weight excluding hydrogens is 312 g/mol. The van der Waals surface area contributed by atoms with Gasteiger partial charge in [0.1, 0.15) is 11.2 Å². The molecule has 7 heteroatoms. The number of ether oxygens (including phenoxy) is 1. The first-order valence-electron chi connectivity index (χ1n) is 7.47. The highest BCUT2D eigenvalue weighted by Gasteiger charge is 2.62. The highest BCUT2D eigenvalue weighted by Crippen LogP contribution is 2.53. The Kier molecular flexibility index (Phi) is 2.57. The third-order valence-electron chi connectivity index (χ3n) is 4.85. The van der Waals surface area contributed by atoms with E-state index in [1.807, 2.05) is 0 Å². The average molecular weight is 326 g/mol. The third-order valence-corrected chi connectivity index (χ3v) is 4.85. The Balaban J connectivity index is 1.81. The van der Waals surface area contributed by atoms with Gasteiger partial charge in [-0.25, -0.2) is 4.90 Å². The second-order valence-electron chi connectivity index (χ2n) is 6.57. The van der Waals surface area contributed by atoms with Crippen molar-refractivity contribution < 1.29 is 19.2 Å². The van der Waals surface area contributed by atoms with Crippen LogP contribution in [0.3, 0.4) is 0 Å². The van der Waals surface area contributed by atoms with Crippen LogP contribution in [0.1, 0.15) is 19.4 Å². The zero-order valence-electron chi connectivity index (χ0n) is 13.3. The summed E-state index contributed by atoms with van der Waals surface area (Å²) in [6.07, 6.45) is 3.59. The Bertz CT molecular complexity index is 876. The SMILES string of the molecule is Cc1cc([N+](=O)[O-])ccc1N1C(=O)C2=C(C1=O)C1(C)C=CC2(C)O1. The van der Waals surface area contributed by atoms with E-state index in [9.17, 15) is 19.7 Å². The number of nitrogens with zero attached hydrogens (tertiary/aromatic N) is 2. The van der Waals surface area contributed by atoms with Crippen molar-refractivity contribution in [2.45, 2.75) is 32.0 Å². The number of hydrogen-bond acceptors (Lipinski definition) is 5. The quantitative estimate of drug-likeness (QED) is 0.360. The standard InChI is InChI=1S/C17H14N2O5/c1-9-8-10(19(22)23)4-5-11(9)18-14(20)12-13(15(18)21)17(3)7-6-16(12,2)24-17/h4-8H,1-3H3. The van der Waals surface area contributed by atoms with E-state index in [2.05, 4.69) is 0 Å². The lowest BCUT2D eigenvalue weighted by molar-refractivity contribution is -0.384. The van der Waals surface area contributed by atoms with Crippen LogP contribution in [0.4, 0.5) is 11.4 Å². The van der Waals surface area contributed by atoms with Crippen LogP contribution in [0, 0.1) is 17.0 Å². The van der Waals surface area contributed by atoms with Crippen LogP contribution in [0.2, 0.25) is 0 Å². The maximum Gasteiger partial charge on any atom is 0.269 e. The summed E-state index contributed by atoms with van der Waals surface area (Å²) >= 11 is 0. The van der Waals surface area contributed by atoms with Crippen molar-refractivity contribution in [2.24, 2.45) is 0 Å². The lowest BCUT2D eigenvalue weighted by Crippen LogP contribution is -2.41. The minimum Gasteiger partial charge on any atom is -0.351 e. The molecule has 0 fully saturated rings. The van der Waals surface area contributed by atoms with Gasteiger partial charge in [0.25, 0.3) is 17.5 Å². The first-order valence-corrected chi connectivity index (χ1v) is 7.47. The fourth-order valence-electron chi connectivity index (χ4n) is 3.77. The Labute approximate surface area is 137 Å². The van der Waals surface area contributed by atoms with Crippen LogP contribution in [0.25, 0.3) is 0 Å². The predicted octanol–water partition coefficient (Wildman–Crippen LogP) is 2.19. The predicted molar refractivity (Wildman–Crippen MR) is 84.4 cm³/mol. The Morgan fingerprint density at radius 3 is 2.08 bits per heavy atom. The summed E-state index contributed by atoms with van der Waals surface area (Å²) in [5.74, 6) is -0.856. The number of nitro groups is 1. The molecule has 122 valence electrons. The lowest BCUT2D eigenvalue weighted by Gasteiger charge is -2.27. The number of aryl methyl sites for hydroxylation is 1. The summed E-state index contributed by atoms with van der Waals surface area (Å²) in [6.45, 7) is 5.15. The molecule has 0 aliphatic carbocycles. The van der Waals surface area contributed by atoms with Gasteiger partial charge >= 0.3 is 0 Å². The first-order chi connectivity index (χ1) is 11.2. The van der Waals surface area contributed by atoms with Gasteiger partial charge in [-0.1, -0.05) is 0 Å². The summed E-state index contributed by atoms with van der Waals surface area (Å²) < 4.78 is 5.88. The summed E-state index contributed by atoms with van der Waals surface area (Å²) in [7, 11) is 0. The molecule has 0 N–H and O–H groups in total. The summed E-state index contributed by atoms with van der Waals surface area (Å²) in [5.41, 5.74) is -0.328. The second-order valence-corrected chi connectivity index (χ2v) is 6.57. The molecule has 24 heavy (non-hydrogen) atoms. The number of carbonyl (C=O) groups is 2. The average Bonchev–Trinajstić information content (AvgIpc) is 3.04. The van der Waals surface area contributed by atoms with Gasteiger partial charge in [0.05, 0.1) is 21.8 Å². The normalized spacial score (nSPS) is 30.5. The molecule has 2 amide bonds. The van der Waals surface area contributed by atoms with Gasteiger partial charge in [-0.05, 0) is 44.6 Å². The zero-order valence-corrected chi connectivity index (χ0v) is 13.3. The molecular formula is C17H14N2O5. The number of nitro benzene ring substituents is 1. The van der Waals surface area contributed by atoms with E-state index in [0.29, 0.717) is 22.4 Å². The lowest BCUT2D eigenvalue weighted by atomic mass is 9.85. The molecule has 3 heterocycles. The molecule has 0 radical (unpaired) electrons. The molecule has 2 bridgehead atoms. The van der Waals surface area contributed by atoms with E-state index in [0.717, 1.165) is 4.90 Å². The number of non-ortho nitro benzene ring substituents is 1. The summed E-state index contributed by atoms with van der Waals surface area (Å²) in [5, 5.41) is 10.9. The third kappa shape index (κ3) is 1.59. The minimum atomic E-state index is -0.903. The van der Waals surface area contributed by atoms with Crippen LogP contribution >= 0.6 is 0 Å². The van der Waals surface area contributed by atoms with Crippen molar-refractivity contribution in [3.05, 3.63) is 57.2 Å². The molecule has 2 atom stereocenters. The molecule has 0 spiro atoms. The Hall–Kier alpha value is -2.80. The number of hydrogen-bond donors (Lipinski definition) is 0. The molecule has 4 rings (SSSR count). The fourth-order valence-corrected chi connectivity index (χ4v) is 3.77. The number of rotatable bonds is 2. The Morgan fingerprint density at radius 2 is 1.62 bits per heavy atom. The minimum absolute atomic E-state index is 0.0835. The van der Waals surface area contributed by atoms with Crippen LogP contribution in [-0.4, -0.2) is 27.9 Å². The number of imide groups is 1. The van der Waals surface area contributed by atoms with Gasteiger partial charge in [-0.2, -0.15) is 0 Å². The van der Waals surface area contributed by atoms with E-state index >= 15 is 0 Å². The molecule has 0 saturated carbocycles. The molecule has 1 aromatic carbocycles. The zero-order chi connectivity index (χ0) is 17.4. The van der Waals surface area contributed by atoms with Gasteiger partial charge in [-0.3, -0.25) is 19.7 Å². The maximum absolute atomic E-state index is 12.9. The molecule has 7 nitrogen and oxygen atoms in total. The van der Waals surface area contributed by atoms with Crippen molar-refractivity contribution in [2.75, 3.05) is 4.90 Å². The van der Waals surface area contributed by atoms with E-state index in [4.69, 9.17) is 4.74 Å². The number of carbonyl (C=O) groups excluding carboxylic acids is 2. The van der Waals surface area contributed by atoms with Crippen LogP contribution in [-0.2, 0) is 14.3 Å². The molecule has 3 aliphatic rings. The van der Waals surface area contributed by atoms with Crippen LogP contribution in [0.15, 0.2) is 41.5 Å². The smallest absolute Gasteiger partial charge is 0.269 e. The molecule has 2 unspecified atom stereocenters.